The van der Waals surface area contributed by atoms with Gasteiger partial charge in [-0.1, -0.05) is 0 Å². The summed E-state index contributed by atoms with van der Waals surface area (Å²) in [6, 6.07) is 0. The Kier molecular flexibility index (Phi) is 7.24. The Hall–Kier alpha value is -1.22. The third-order valence-corrected chi connectivity index (χ3v) is 5.35. The highest BCUT2D eigenvalue weighted by atomic mass is 35.5. The van der Waals surface area contributed by atoms with E-state index in [0.717, 1.165) is 58.5 Å². The molecule has 1 amide bonds. The molecule has 0 aromatic carbocycles. The number of likely N-dealkylation sites (tertiary alicyclic amines) is 1. The highest BCUT2D eigenvalue weighted by Crippen LogP contribution is 2.21. The number of hydrogen-bond donors (Lipinski definition) is 1. The van der Waals surface area contributed by atoms with Crippen molar-refractivity contribution in [3.05, 3.63) is 11.1 Å². The van der Waals surface area contributed by atoms with Gasteiger partial charge >= 0.3 is 0 Å². The van der Waals surface area contributed by atoms with Crippen LogP contribution in [0.5, 0.6) is 0 Å². The second-order valence-electron chi connectivity index (χ2n) is 7.07. The average molecular weight is 386 g/mol. The van der Waals surface area contributed by atoms with Gasteiger partial charge in [-0.15, -0.1) is 5.10 Å². The van der Waals surface area contributed by atoms with Gasteiger partial charge in [0.2, 0.25) is 11.1 Å². The van der Waals surface area contributed by atoms with E-state index in [-0.39, 0.29) is 23.1 Å². The monoisotopic (exact) mass is 385 g/mol. The molecule has 8 nitrogen and oxygen atoms in total. The molecule has 2 fully saturated rings. The van der Waals surface area contributed by atoms with E-state index in [0.29, 0.717) is 19.0 Å². The van der Waals surface area contributed by atoms with Crippen LogP contribution >= 0.6 is 11.6 Å². The van der Waals surface area contributed by atoms with E-state index in [2.05, 4.69) is 20.1 Å². The zero-order chi connectivity index (χ0) is 18.4. The summed E-state index contributed by atoms with van der Waals surface area (Å²) in [7, 11) is 1.73. The Morgan fingerprint density at radius 1 is 1.38 bits per heavy atom. The largest absolute Gasteiger partial charge is 0.383 e. The smallest absolute Gasteiger partial charge is 0.293 e. The number of methoxy groups -OCH3 is 1. The number of aromatic nitrogens is 3. The van der Waals surface area contributed by atoms with Gasteiger partial charge in [-0.25, -0.2) is 5.10 Å². The molecule has 0 spiro atoms. The number of nitrogens with zero attached hydrogens (tertiary/aromatic N) is 4. The minimum Gasteiger partial charge on any atom is -0.383 e. The predicted molar refractivity (Wildman–Crippen MR) is 97.3 cm³/mol. The van der Waals surface area contributed by atoms with Crippen molar-refractivity contribution in [1.82, 2.24) is 25.0 Å². The van der Waals surface area contributed by atoms with E-state index >= 15 is 0 Å². The number of carbonyl (C=O) groups is 1. The zero-order valence-electron chi connectivity index (χ0n) is 15.3. The van der Waals surface area contributed by atoms with E-state index in [1.165, 1.54) is 0 Å². The molecule has 0 saturated carbocycles. The second-order valence-corrected chi connectivity index (χ2v) is 7.43. The van der Waals surface area contributed by atoms with Crippen LogP contribution < -0.4 is 0 Å². The predicted octanol–water partition coefficient (Wildman–Crippen LogP) is 1.44. The summed E-state index contributed by atoms with van der Waals surface area (Å²) < 4.78 is 10.9. The molecule has 1 atom stereocenters. The summed E-state index contributed by atoms with van der Waals surface area (Å²) in [5, 5.41) is 6.60. The van der Waals surface area contributed by atoms with Gasteiger partial charge in [0, 0.05) is 33.4 Å². The Balaban J connectivity index is 1.57. The van der Waals surface area contributed by atoms with E-state index in [9.17, 15) is 4.79 Å². The minimum atomic E-state index is -0.175. The molecule has 2 aliphatic heterocycles. The molecule has 0 aliphatic carbocycles. The fourth-order valence-electron chi connectivity index (χ4n) is 3.68. The van der Waals surface area contributed by atoms with Gasteiger partial charge in [-0.3, -0.25) is 4.79 Å². The van der Waals surface area contributed by atoms with Crippen LogP contribution in [0.2, 0.25) is 5.28 Å². The van der Waals surface area contributed by atoms with Crippen molar-refractivity contribution in [3.63, 3.8) is 0 Å². The first-order chi connectivity index (χ1) is 12.7. The van der Waals surface area contributed by atoms with Gasteiger partial charge < -0.3 is 19.3 Å². The average Bonchev–Trinajstić information content (AvgIpc) is 3.31. The van der Waals surface area contributed by atoms with Crippen LogP contribution in [0.15, 0.2) is 0 Å². The number of rotatable bonds is 8. The maximum absolute atomic E-state index is 12.9. The molecular formula is C17H28ClN5O3. The molecule has 1 aromatic heterocycles. The van der Waals surface area contributed by atoms with Crippen LogP contribution in [-0.4, -0.2) is 90.0 Å². The number of halogens is 1. The van der Waals surface area contributed by atoms with Crippen molar-refractivity contribution >= 4 is 17.5 Å². The topological polar surface area (TPSA) is 83.6 Å². The van der Waals surface area contributed by atoms with Gasteiger partial charge in [-0.05, 0) is 56.3 Å². The Morgan fingerprint density at radius 3 is 2.81 bits per heavy atom. The SMILES string of the molecule is COCCN1CCC(CN(CC2CCCO2)C(=O)c2n[nH]c(Cl)n2)CC1. The Bertz CT molecular complexity index is 570. The number of aromatic amines is 1. The third kappa shape index (κ3) is 5.39. The highest BCUT2D eigenvalue weighted by Gasteiger charge is 2.29. The maximum Gasteiger partial charge on any atom is 0.293 e. The number of hydrogen-bond acceptors (Lipinski definition) is 6. The fraction of sp³-hybridized carbons (Fsp3) is 0.824. The second kappa shape index (κ2) is 9.64. The summed E-state index contributed by atoms with van der Waals surface area (Å²) in [6.45, 7) is 5.90. The van der Waals surface area contributed by atoms with Crippen LogP contribution in [0.3, 0.4) is 0 Å². The standard InChI is InChI=1S/C17H28ClN5O3/c1-25-10-8-22-6-4-13(5-7-22)11-23(12-14-3-2-9-26-14)16(24)15-19-17(18)21-20-15/h13-14H,2-12H2,1H3,(H,19,20,21). The molecule has 1 aromatic rings. The van der Waals surface area contributed by atoms with Crippen molar-refractivity contribution < 1.29 is 14.3 Å². The molecule has 1 unspecified atom stereocenters. The van der Waals surface area contributed by atoms with E-state index in [1.54, 1.807) is 7.11 Å². The van der Waals surface area contributed by atoms with Gasteiger partial charge in [0.25, 0.3) is 5.91 Å². The normalized spacial score (nSPS) is 22.0. The molecule has 3 heterocycles. The molecule has 2 aliphatic rings. The number of piperidine rings is 1. The summed E-state index contributed by atoms with van der Waals surface area (Å²) >= 11 is 5.79. The Labute approximate surface area is 159 Å². The number of ether oxygens (including phenoxy) is 2. The zero-order valence-corrected chi connectivity index (χ0v) is 16.1. The Morgan fingerprint density at radius 2 is 2.19 bits per heavy atom. The lowest BCUT2D eigenvalue weighted by Crippen LogP contribution is -2.44. The lowest BCUT2D eigenvalue weighted by atomic mass is 9.96. The van der Waals surface area contributed by atoms with Gasteiger partial charge in [0.1, 0.15) is 0 Å². The molecule has 0 bridgehead atoms. The van der Waals surface area contributed by atoms with Gasteiger partial charge in [-0.2, -0.15) is 4.98 Å². The third-order valence-electron chi connectivity index (χ3n) is 5.18. The van der Waals surface area contributed by atoms with Crippen molar-refractivity contribution in [3.8, 4) is 0 Å². The maximum atomic E-state index is 12.9. The number of amides is 1. The lowest BCUT2D eigenvalue weighted by molar-refractivity contribution is 0.0428. The quantitative estimate of drug-likeness (QED) is 0.729. The minimum absolute atomic E-state index is 0.107. The molecule has 9 heteroatoms. The van der Waals surface area contributed by atoms with Crippen LogP contribution in [-0.2, 0) is 9.47 Å². The summed E-state index contributed by atoms with van der Waals surface area (Å²) in [6.07, 6.45) is 4.31. The lowest BCUT2D eigenvalue weighted by Gasteiger charge is -2.35. The van der Waals surface area contributed by atoms with Crippen LogP contribution in [0.4, 0.5) is 0 Å². The van der Waals surface area contributed by atoms with Crippen molar-refractivity contribution in [2.24, 2.45) is 5.92 Å². The molecule has 0 radical (unpaired) electrons. The van der Waals surface area contributed by atoms with Gasteiger partial charge in [0.05, 0.1) is 12.7 Å². The first-order valence-corrected chi connectivity index (χ1v) is 9.73. The summed E-state index contributed by atoms with van der Waals surface area (Å²) in [5.41, 5.74) is 0. The van der Waals surface area contributed by atoms with Crippen molar-refractivity contribution in [2.75, 3.05) is 53.0 Å². The summed E-state index contributed by atoms with van der Waals surface area (Å²) in [4.78, 5) is 21.1. The number of nitrogens with one attached hydrogen (secondary N) is 1. The van der Waals surface area contributed by atoms with Crippen LogP contribution in [0, 0.1) is 5.92 Å². The molecular weight excluding hydrogens is 358 g/mol. The molecule has 146 valence electrons. The molecule has 26 heavy (non-hydrogen) atoms. The summed E-state index contributed by atoms with van der Waals surface area (Å²) in [5.74, 6) is 0.435. The first kappa shape index (κ1) is 19.5. The van der Waals surface area contributed by atoms with E-state index < -0.39 is 0 Å². The van der Waals surface area contributed by atoms with Gasteiger partial charge in [0.15, 0.2) is 0 Å². The van der Waals surface area contributed by atoms with Crippen LogP contribution in [0.25, 0.3) is 0 Å². The van der Waals surface area contributed by atoms with Crippen LogP contribution in [0.1, 0.15) is 36.3 Å². The van der Waals surface area contributed by atoms with E-state index in [4.69, 9.17) is 21.1 Å². The fourth-order valence-corrected chi connectivity index (χ4v) is 3.80. The molecule has 1 N–H and O–H groups in total. The number of H-pyrrole nitrogens is 1. The molecule has 2 saturated heterocycles. The van der Waals surface area contributed by atoms with Crippen molar-refractivity contribution in [1.29, 1.82) is 0 Å². The number of carbonyl (C=O) groups excluding carboxylic acids is 1. The van der Waals surface area contributed by atoms with E-state index in [1.807, 2.05) is 4.90 Å². The molecule has 3 rings (SSSR count). The van der Waals surface area contributed by atoms with Crippen molar-refractivity contribution in [2.45, 2.75) is 31.8 Å². The first-order valence-electron chi connectivity index (χ1n) is 9.35. The highest BCUT2D eigenvalue weighted by molar-refractivity contribution is 6.28.